The minimum Gasteiger partial charge on any atom is -0.339 e. The number of carbonyl (C=O) groups excluding carboxylic acids is 1. The van der Waals surface area contributed by atoms with Crippen LogP contribution in [0, 0.1) is 0 Å². The Morgan fingerprint density at radius 1 is 1.58 bits per heavy atom. The van der Waals surface area contributed by atoms with Crippen molar-refractivity contribution in [3.8, 4) is 0 Å². The number of hydrogen-bond donors (Lipinski definition) is 0. The van der Waals surface area contributed by atoms with E-state index in [1.54, 1.807) is 19.4 Å². The van der Waals surface area contributed by atoms with Crippen LogP contribution in [0.2, 0.25) is 0 Å². The predicted octanol–water partition coefficient (Wildman–Crippen LogP) is 0.286. The molecule has 0 saturated carbocycles. The van der Waals surface area contributed by atoms with Crippen LogP contribution in [-0.4, -0.2) is 33.4 Å². The highest BCUT2D eigenvalue weighted by molar-refractivity contribution is 5.74. The Hall–Kier alpha value is -1.32. The van der Waals surface area contributed by atoms with Crippen LogP contribution in [0.3, 0.4) is 0 Å². The highest BCUT2D eigenvalue weighted by Crippen LogP contribution is 2.19. The fourth-order valence-corrected chi connectivity index (χ4v) is 1.39. The summed E-state index contributed by atoms with van der Waals surface area (Å²) in [6.45, 7) is 3.25. The maximum Gasteiger partial charge on any atom is 0.219 e. The van der Waals surface area contributed by atoms with Crippen molar-refractivity contribution in [2.45, 2.75) is 13.0 Å². The number of nitrogens with zero attached hydrogens (tertiary/aromatic N) is 3. The van der Waals surface area contributed by atoms with Gasteiger partial charge in [0.2, 0.25) is 5.91 Å². The monoisotopic (exact) mass is 165 g/mol. The lowest BCUT2D eigenvalue weighted by molar-refractivity contribution is -0.134. The van der Waals surface area contributed by atoms with Crippen molar-refractivity contribution in [3.63, 3.8) is 0 Å². The second-order valence-electron chi connectivity index (χ2n) is 3.09. The molecule has 1 aromatic heterocycles. The summed E-state index contributed by atoms with van der Waals surface area (Å²) >= 11 is 0. The average Bonchev–Trinajstić information content (AvgIpc) is 2.34. The number of aromatic nitrogens is 2. The molecule has 0 aliphatic carbocycles. The molecule has 0 bridgehead atoms. The fourth-order valence-electron chi connectivity index (χ4n) is 1.39. The van der Waals surface area contributed by atoms with Crippen LogP contribution in [0.5, 0.6) is 0 Å². The smallest absolute Gasteiger partial charge is 0.219 e. The Balaban J connectivity index is 1.94. The second-order valence-corrected chi connectivity index (χ2v) is 3.09. The van der Waals surface area contributed by atoms with E-state index in [9.17, 15) is 4.79 Å². The highest BCUT2D eigenvalue weighted by atomic mass is 16.2. The van der Waals surface area contributed by atoms with Crippen molar-refractivity contribution in [3.05, 3.63) is 18.7 Å². The lowest BCUT2D eigenvalue weighted by atomic mass is 10.1. The second kappa shape index (κ2) is 2.62. The van der Waals surface area contributed by atoms with E-state index in [4.69, 9.17) is 0 Å². The third-order valence-electron chi connectivity index (χ3n) is 2.25. The first kappa shape index (κ1) is 7.34. The number of likely N-dealkylation sites (tertiary alicyclic amines) is 1. The summed E-state index contributed by atoms with van der Waals surface area (Å²) in [6, 6.07) is 0.441. The normalized spacial score (nSPS) is 17.6. The molecule has 4 nitrogen and oxygen atoms in total. The molecular weight excluding hydrogens is 154 g/mol. The lowest BCUT2D eigenvalue weighted by Gasteiger charge is -2.39. The zero-order chi connectivity index (χ0) is 8.55. The van der Waals surface area contributed by atoms with Crippen molar-refractivity contribution in [1.29, 1.82) is 0 Å². The van der Waals surface area contributed by atoms with Gasteiger partial charge < -0.3 is 9.47 Å². The van der Waals surface area contributed by atoms with Crippen molar-refractivity contribution in [1.82, 2.24) is 14.5 Å². The maximum atomic E-state index is 10.8. The Morgan fingerprint density at radius 3 is 2.83 bits per heavy atom. The molecule has 2 heterocycles. The zero-order valence-corrected chi connectivity index (χ0v) is 6.97. The molecule has 0 radical (unpaired) electrons. The van der Waals surface area contributed by atoms with E-state index in [1.807, 2.05) is 15.7 Å². The van der Waals surface area contributed by atoms with Gasteiger partial charge in [0.25, 0.3) is 0 Å². The topological polar surface area (TPSA) is 38.1 Å². The molecule has 1 aliphatic heterocycles. The van der Waals surface area contributed by atoms with Crippen molar-refractivity contribution in [2.75, 3.05) is 13.1 Å². The van der Waals surface area contributed by atoms with Gasteiger partial charge in [0, 0.05) is 32.4 Å². The van der Waals surface area contributed by atoms with E-state index in [0.717, 1.165) is 13.1 Å². The molecule has 4 heteroatoms. The van der Waals surface area contributed by atoms with Crippen molar-refractivity contribution in [2.24, 2.45) is 0 Å². The standard InChI is InChI=1S/C8H11N3O/c1-7(12)11-4-8(5-11)10-3-2-9-6-10/h2-3,6,8H,4-5H2,1H3. The van der Waals surface area contributed by atoms with E-state index in [-0.39, 0.29) is 5.91 Å². The molecule has 2 rings (SSSR count). The van der Waals surface area contributed by atoms with Crippen LogP contribution in [0.15, 0.2) is 18.7 Å². The van der Waals surface area contributed by atoms with Gasteiger partial charge in [0.05, 0.1) is 12.4 Å². The van der Waals surface area contributed by atoms with Gasteiger partial charge in [-0.15, -0.1) is 0 Å². The van der Waals surface area contributed by atoms with Crippen LogP contribution >= 0.6 is 0 Å². The molecule has 1 fully saturated rings. The number of amides is 1. The molecule has 0 N–H and O–H groups in total. The van der Waals surface area contributed by atoms with Gasteiger partial charge in [-0.3, -0.25) is 4.79 Å². The summed E-state index contributed by atoms with van der Waals surface area (Å²) in [5.74, 6) is 0.159. The van der Waals surface area contributed by atoms with E-state index < -0.39 is 0 Å². The average molecular weight is 165 g/mol. The first-order valence-corrected chi connectivity index (χ1v) is 4.00. The molecule has 1 aromatic rings. The molecule has 12 heavy (non-hydrogen) atoms. The molecule has 0 spiro atoms. The van der Waals surface area contributed by atoms with Crippen LogP contribution in [0.4, 0.5) is 0 Å². The summed E-state index contributed by atoms with van der Waals surface area (Å²) < 4.78 is 2.04. The zero-order valence-electron chi connectivity index (χ0n) is 6.97. The molecule has 0 unspecified atom stereocenters. The molecule has 1 aliphatic rings. The van der Waals surface area contributed by atoms with Crippen LogP contribution in [-0.2, 0) is 4.79 Å². The summed E-state index contributed by atoms with van der Waals surface area (Å²) in [5, 5.41) is 0. The highest BCUT2D eigenvalue weighted by Gasteiger charge is 2.29. The Morgan fingerprint density at radius 2 is 2.33 bits per heavy atom. The molecule has 0 atom stereocenters. The molecule has 1 amide bonds. The number of imidazole rings is 1. The lowest BCUT2D eigenvalue weighted by Crippen LogP contribution is -2.49. The largest absolute Gasteiger partial charge is 0.339 e. The van der Waals surface area contributed by atoms with Crippen LogP contribution in [0.1, 0.15) is 13.0 Å². The summed E-state index contributed by atoms with van der Waals surface area (Å²) in [5.41, 5.74) is 0. The summed E-state index contributed by atoms with van der Waals surface area (Å²) in [7, 11) is 0. The van der Waals surface area contributed by atoms with Crippen LogP contribution in [0.25, 0.3) is 0 Å². The minimum atomic E-state index is 0.159. The molecular formula is C8H11N3O. The first-order valence-electron chi connectivity index (χ1n) is 4.00. The summed E-state index contributed by atoms with van der Waals surface area (Å²) in [6.07, 6.45) is 5.49. The Kier molecular flexibility index (Phi) is 1.60. The van der Waals surface area contributed by atoms with Gasteiger partial charge >= 0.3 is 0 Å². The van der Waals surface area contributed by atoms with E-state index in [2.05, 4.69) is 4.98 Å². The predicted molar refractivity (Wildman–Crippen MR) is 43.5 cm³/mol. The summed E-state index contributed by atoms with van der Waals surface area (Å²) in [4.78, 5) is 16.6. The number of rotatable bonds is 1. The van der Waals surface area contributed by atoms with Crippen LogP contribution < -0.4 is 0 Å². The Labute approximate surface area is 70.8 Å². The van der Waals surface area contributed by atoms with Gasteiger partial charge in [-0.25, -0.2) is 4.98 Å². The fraction of sp³-hybridized carbons (Fsp3) is 0.500. The van der Waals surface area contributed by atoms with Gasteiger partial charge in [-0.1, -0.05) is 0 Å². The molecule has 0 aromatic carbocycles. The molecule has 64 valence electrons. The van der Waals surface area contributed by atoms with Crippen molar-refractivity contribution < 1.29 is 4.79 Å². The van der Waals surface area contributed by atoms with Gasteiger partial charge in [-0.05, 0) is 0 Å². The van der Waals surface area contributed by atoms with E-state index in [0.29, 0.717) is 6.04 Å². The quantitative estimate of drug-likeness (QED) is 0.599. The number of hydrogen-bond acceptors (Lipinski definition) is 2. The SMILES string of the molecule is CC(=O)N1CC(n2ccnc2)C1. The van der Waals surface area contributed by atoms with E-state index >= 15 is 0 Å². The third kappa shape index (κ3) is 1.09. The van der Waals surface area contributed by atoms with Gasteiger partial charge in [0.15, 0.2) is 0 Å². The minimum absolute atomic E-state index is 0.159. The molecule has 1 saturated heterocycles. The van der Waals surface area contributed by atoms with Gasteiger partial charge in [0.1, 0.15) is 0 Å². The number of carbonyl (C=O) groups is 1. The Bertz CT molecular complexity index is 275. The first-order chi connectivity index (χ1) is 5.77. The maximum absolute atomic E-state index is 10.8. The third-order valence-corrected chi connectivity index (χ3v) is 2.25. The van der Waals surface area contributed by atoms with Crippen molar-refractivity contribution >= 4 is 5.91 Å². The van der Waals surface area contributed by atoms with Gasteiger partial charge in [-0.2, -0.15) is 0 Å². The van der Waals surface area contributed by atoms with E-state index in [1.165, 1.54) is 0 Å².